The van der Waals surface area contributed by atoms with Gasteiger partial charge in [0.1, 0.15) is 0 Å². The van der Waals surface area contributed by atoms with E-state index in [0.717, 1.165) is 47.8 Å². The van der Waals surface area contributed by atoms with Crippen molar-refractivity contribution in [3.05, 3.63) is 72.3 Å². The van der Waals surface area contributed by atoms with Crippen LogP contribution < -0.4 is 4.90 Å². The number of nitrogens with zero attached hydrogens (tertiary/aromatic N) is 1. The number of fused-ring (bicyclic) bond motifs is 1. The standard InChI is InChI=1S/C22H20F3N/c23-22(24,25)18-10-13-20(14-11-18)26(19-7-3-4-8-19)21-12-9-16-5-1-2-6-17(16)15-21/h1-2,5-6,9-15,19H,3-4,7-8H2. The average molecular weight is 355 g/mol. The SMILES string of the molecule is FC(F)(F)c1ccc(N(c2ccc3ccccc3c2)C2CCCC2)cc1. The zero-order valence-electron chi connectivity index (χ0n) is 14.3. The highest BCUT2D eigenvalue weighted by atomic mass is 19.4. The van der Waals surface area contributed by atoms with Gasteiger partial charge in [-0.25, -0.2) is 0 Å². The van der Waals surface area contributed by atoms with Crippen LogP contribution in [0.5, 0.6) is 0 Å². The summed E-state index contributed by atoms with van der Waals surface area (Å²) in [7, 11) is 0. The monoisotopic (exact) mass is 355 g/mol. The summed E-state index contributed by atoms with van der Waals surface area (Å²) >= 11 is 0. The van der Waals surface area contributed by atoms with Gasteiger partial charge in [0.05, 0.1) is 5.56 Å². The molecule has 0 saturated heterocycles. The van der Waals surface area contributed by atoms with Crippen LogP contribution in [0.25, 0.3) is 10.8 Å². The Bertz CT molecular complexity index is 893. The zero-order chi connectivity index (χ0) is 18.1. The summed E-state index contributed by atoms with van der Waals surface area (Å²) < 4.78 is 38.7. The third-order valence-electron chi connectivity index (χ3n) is 5.17. The highest BCUT2D eigenvalue weighted by molar-refractivity contribution is 5.87. The molecule has 1 aliphatic rings. The van der Waals surface area contributed by atoms with Crippen LogP contribution in [-0.2, 0) is 6.18 Å². The lowest BCUT2D eigenvalue weighted by atomic mass is 10.1. The van der Waals surface area contributed by atoms with Crippen LogP contribution in [0.3, 0.4) is 0 Å². The third kappa shape index (κ3) is 3.28. The van der Waals surface area contributed by atoms with Gasteiger partial charge in [-0.2, -0.15) is 13.2 Å². The molecule has 0 atom stereocenters. The molecular formula is C22H20F3N. The summed E-state index contributed by atoms with van der Waals surface area (Å²) in [4.78, 5) is 2.21. The molecule has 26 heavy (non-hydrogen) atoms. The van der Waals surface area contributed by atoms with Gasteiger partial charge in [-0.3, -0.25) is 0 Å². The van der Waals surface area contributed by atoms with Crippen molar-refractivity contribution in [2.45, 2.75) is 37.9 Å². The van der Waals surface area contributed by atoms with Gasteiger partial charge in [0.2, 0.25) is 0 Å². The predicted octanol–water partition coefficient (Wildman–Crippen LogP) is 6.94. The number of halogens is 3. The lowest BCUT2D eigenvalue weighted by Gasteiger charge is -2.32. The summed E-state index contributed by atoms with van der Waals surface area (Å²) in [5.41, 5.74) is 1.25. The predicted molar refractivity (Wildman–Crippen MR) is 99.8 cm³/mol. The number of rotatable bonds is 3. The van der Waals surface area contributed by atoms with Crippen molar-refractivity contribution in [3.8, 4) is 0 Å². The lowest BCUT2D eigenvalue weighted by Crippen LogP contribution is -2.28. The van der Waals surface area contributed by atoms with E-state index in [0.29, 0.717) is 6.04 Å². The first kappa shape index (κ1) is 17.0. The second kappa shape index (κ2) is 6.67. The minimum atomic E-state index is -4.31. The van der Waals surface area contributed by atoms with Crippen molar-refractivity contribution in [2.24, 2.45) is 0 Å². The molecule has 0 spiro atoms. The van der Waals surface area contributed by atoms with Crippen LogP contribution in [0.15, 0.2) is 66.7 Å². The first-order valence-corrected chi connectivity index (χ1v) is 8.98. The van der Waals surface area contributed by atoms with E-state index in [1.54, 1.807) is 12.1 Å². The van der Waals surface area contributed by atoms with Crippen molar-refractivity contribution in [1.29, 1.82) is 0 Å². The van der Waals surface area contributed by atoms with Crippen molar-refractivity contribution in [2.75, 3.05) is 4.90 Å². The second-order valence-electron chi connectivity index (χ2n) is 6.88. The fraction of sp³-hybridized carbons (Fsp3) is 0.273. The Balaban J connectivity index is 1.76. The summed E-state index contributed by atoms with van der Waals surface area (Å²) in [6.45, 7) is 0. The molecule has 3 aromatic rings. The molecule has 0 unspecified atom stereocenters. The maximum Gasteiger partial charge on any atom is 0.416 e. The molecule has 1 fully saturated rings. The summed E-state index contributed by atoms with van der Waals surface area (Å²) in [6.07, 6.45) is 0.145. The highest BCUT2D eigenvalue weighted by Gasteiger charge is 2.31. The summed E-state index contributed by atoms with van der Waals surface area (Å²) in [5, 5.41) is 2.30. The Morgan fingerprint density at radius 2 is 1.35 bits per heavy atom. The molecule has 0 N–H and O–H groups in total. The van der Waals surface area contributed by atoms with E-state index in [4.69, 9.17) is 0 Å². The summed E-state index contributed by atoms with van der Waals surface area (Å²) in [6, 6.07) is 20.3. The van der Waals surface area contributed by atoms with Crippen LogP contribution in [0, 0.1) is 0 Å². The summed E-state index contributed by atoms with van der Waals surface area (Å²) in [5.74, 6) is 0. The van der Waals surface area contributed by atoms with E-state index in [-0.39, 0.29) is 0 Å². The highest BCUT2D eigenvalue weighted by Crippen LogP contribution is 2.38. The van der Waals surface area contributed by atoms with Gasteiger partial charge in [-0.1, -0.05) is 43.2 Å². The largest absolute Gasteiger partial charge is 0.416 e. The van der Waals surface area contributed by atoms with Crippen molar-refractivity contribution in [1.82, 2.24) is 0 Å². The number of anilines is 2. The fourth-order valence-electron chi connectivity index (χ4n) is 3.87. The van der Waals surface area contributed by atoms with Crippen LogP contribution in [0.2, 0.25) is 0 Å². The molecule has 4 heteroatoms. The van der Waals surface area contributed by atoms with E-state index >= 15 is 0 Å². The normalized spacial score (nSPS) is 15.5. The van der Waals surface area contributed by atoms with Gasteiger partial charge in [0.15, 0.2) is 0 Å². The molecule has 0 heterocycles. The quantitative estimate of drug-likeness (QED) is 0.492. The molecule has 0 aliphatic heterocycles. The Morgan fingerprint density at radius 3 is 2.00 bits per heavy atom. The van der Waals surface area contributed by atoms with E-state index in [2.05, 4.69) is 35.2 Å². The first-order chi connectivity index (χ1) is 12.5. The molecule has 0 bridgehead atoms. The second-order valence-corrected chi connectivity index (χ2v) is 6.88. The van der Waals surface area contributed by atoms with E-state index in [1.165, 1.54) is 12.1 Å². The number of benzene rings is 3. The molecule has 134 valence electrons. The molecule has 0 aromatic heterocycles. The van der Waals surface area contributed by atoms with Crippen LogP contribution in [-0.4, -0.2) is 6.04 Å². The van der Waals surface area contributed by atoms with Crippen LogP contribution in [0.1, 0.15) is 31.2 Å². The Kier molecular flexibility index (Phi) is 4.35. The van der Waals surface area contributed by atoms with Gasteiger partial charge in [-0.05, 0) is 60.0 Å². The molecule has 1 nitrogen and oxygen atoms in total. The van der Waals surface area contributed by atoms with Gasteiger partial charge in [0, 0.05) is 17.4 Å². The zero-order valence-corrected chi connectivity index (χ0v) is 14.3. The Morgan fingerprint density at radius 1 is 0.731 bits per heavy atom. The minimum Gasteiger partial charge on any atom is -0.338 e. The van der Waals surface area contributed by atoms with E-state index < -0.39 is 11.7 Å². The maximum absolute atomic E-state index is 12.9. The van der Waals surface area contributed by atoms with Gasteiger partial charge in [-0.15, -0.1) is 0 Å². The molecule has 3 aromatic carbocycles. The molecular weight excluding hydrogens is 335 g/mol. The number of alkyl halides is 3. The topological polar surface area (TPSA) is 3.24 Å². The van der Waals surface area contributed by atoms with E-state index in [1.807, 2.05) is 12.1 Å². The maximum atomic E-state index is 12.9. The molecule has 4 rings (SSSR count). The smallest absolute Gasteiger partial charge is 0.338 e. The Hall–Kier alpha value is -2.49. The van der Waals surface area contributed by atoms with Gasteiger partial charge >= 0.3 is 6.18 Å². The molecule has 1 saturated carbocycles. The van der Waals surface area contributed by atoms with Crippen molar-refractivity contribution < 1.29 is 13.2 Å². The number of hydrogen-bond donors (Lipinski definition) is 0. The fourth-order valence-corrected chi connectivity index (χ4v) is 3.87. The molecule has 0 radical (unpaired) electrons. The van der Waals surface area contributed by atoms with Crippen LogP contribution in [0.4, 0.5) is 24.5 Å². The number of hydrogen-bond acceptors (Lipinski definition) is 1. The minimum absolute atomic E-state index is 0.327. The van der Waals surface area contributed by atoms with Crippen LogP contribution >= 0.6 is 0 Å². The average Bonchev–Trinajstić information content (AvgIpc) is 3.16. The van der Waals surface area contributed by atoms with Crippen molar-refractivity contribution in [3.63, 3.8) is 0 Å². The molecule has 1 aliphatic carbocycles. The van der Waals surface area contributed by atoms with Gasteiger partial charge < -0.3 is 4.90 Å². The van der Waals surface area contributed by atoms with E-state index in [9.17, 15) is 13.2 Å². The Labute approximate surface area is 151 Å². The third-order valence-corrected chi connectivity index (χ3v) is 5.17. The van der Waals surface area contributed by atoms with Gasteiger partial charge in [0.25, 0.3) is 0 Å². The van der Waals surface area contributed by atoms with Crippen molar-refractivity contribution >= 4 is 22.1 Å². The first-order valence-electron chi connectivity index (χ1n) is 8.98. The lowest BCUT2D eigenvalue weighted by molar-refractivity contribution is -0.137. The molecule has 0 amide bonds.